The number of anilines is 1. The van der Waals surface area contributed by atoms with Crippen molar-refractivity contribution >= 4 is 23.5 Å². The van der Waals surface area contributed by atoms with Gasteiger partial charge in [-0.1, -0.05) is 56.3 Å². The molecule has 156 valence electrons. The monoisotopic (exact) mass is 405 g/mol. The highest BCUT2D eigenvalue weighted by molar-refractivity contribution is 6.10. The molecule has 4 amide bonds. The van der Waals surface area contributed by atoms with Gasteiger partial charge in [0.2, 0.25) is 5.91 Å². The van der Waals surface area contributed by atoms with Gasteiger partial charge in [0.15, 0.2) is 0 Å². The molecule has 1 saturated heterocycles. The van der Waals surface area contributed by atoms with E-state index in [2.05, 4.69) is 24.5 Å². The molecule has 1 atom stereocenters. The minimum atomic E-state index is -1.06. The van der Waals surface area contributed by atoms with E-state index in [1.807, 2.05) is 49.4 Å². The van der Waals surface area contributed by atoms with Gasteiger partial charge in [-0.15, -0.1) is 0 Å². The second-order valence-corrected chi connectivity index (χ2v) is 8.48. The molecule has 1 unspecified atom stereocenters. The number of para-hydroxylation sites is 1. The van der Waals surface area contributed by atoms with E-state index in [0.29, 0.717) is 6.42 Å². The van der Waals surface area contributed by atoms with Crippen molar-refractivity contribution in [2.45, 2.75) is 51.5 Å². The summed E-state index contributed by atoms with van der Waals surface area (Å²) in [5.74, 6) is -0.488. The van der Waals surface area contributed by atoms with Gasteiger partial charge in [-0.3, -0.25) is 14.5 Å². The average Bonchev–Trinajstić information content (AvgIpc) is 2.94. The van der Waals surface area contributed by atoms with Crippen molar-refractivity contribution < 1.29 is 14.4 Å². The van der Waals surface area contributed by atoms with E-state index in [0.717, 1.165) is 45.7 Å². The van der Waals surface area contributed by atoms with Crippen LogP contribution in [0.1, 0.15) is 54.9 Å². The molecule has 6 heteroatoms. The number of nitrogens with one attached hydrogen (secondary N) is 2. The van der Waals surface area contributed by atoms with Crippen LogP contribution in [0, 0.1) is 6.92 Å². The number of carbonyl (C=O) groups is 3. The molecule has 2 N–H and O–H groups in total. The maximum absolute atomic E-state index is 13.3. The normalized spacial score (nSPS) is 20.5. The SMILES string of the molecule is Cc1cccc(C(C)C)c1NC(=O)CN1C(=O)NC2(CCCc3ccccc32)C1=O. The van der Waals surface area contributed by atoms with Crippen LogP contribution in [0.4, 0.5) is 10.5 Å². The number of hydrogen-bond acceptors (Lipinski definition) is 3. The lowest BCUT2D eigenvalue weighted by molar-refractivity contribution is -0.134. The van der Waals surface area contributed by atoms with Gasteiger partial charge in [0, 0.05) is 5.69 Å². The Hall–Kier alpha value is -3.15. The van der Waals surface area contributed by atoms with Crippen molar-refractivity contribution in [2.75, 3.05) is 11.9 Å². The fraction of sp³-hybridized carbons (Fsp3) is 0.375. The van der Waals surface area contributed by atoms with Crippen LogP contribution in [-0.2, 0) is 21.5 Å². The molecule has 2 aromatic rings. The molecular formula is C24H27N3O3. The number of aryl methyl sites for hydroxylation is 2. The zero-order valence-corrected chi connectivity index (χ0v) is 17.6. The first-order chi connectivity index (χ1) is 14.3. The summed E-state index contributed by atoms with van der Waals surface area (Å²) < 4.78 is 0. The molecule has 2 aliphatic rings. The van der Waals surface area contributed by atoms with E-state index in [-0.39, 0.29) is 24.3 Å². The smallest absolute Gasteiger partial charge is 0.324 e. The third kappa shape index (κ3) is 3.26. The molecule has 1 aliphatic carbocycles. The fourth-order valence-electron chi connectivity index (χ4n) is 4.62. The first-order valence-corrected chi connectivity index (χ1v) is 10.5. The van der Waals surface area contributed by atoms with Crippen LogP contribution in [0.2, 0.25) is 0 Å². The molecule has 4 rings (SSSR count). The van der Waals surface area contributed by atoms with Crippen molar-refractivity contribution in [1.82, 2.24) is 10.2 Å². The fourth-order valence-corrected chi connectivity index (χ4v) is 4.62. The molecule has 0 radical (unpaired) electrons. The number of amides is 4. The van der Waals surface area contributed by atoms with Crippen LogP contribution in [0.15, 0.2) is 42.5 Å². The zero-order chi connectivity index (χ0) is 21.5. The van der Waals surface area contributed by atoms with Gasteiger partial charge in [0.1, 0.15) is 12.1 Å². The Balaban J connectivity index is 1.57. The minimum absolute atomic E-state index is 0.235. The van der Waals surface area contributed by atoms with Gasteiger partial charge in [-0.25, -0.2) is 4.79 Å². The van der Waals surface area contributed by atoms with Crippen molar-refractivity contribution in [3.63, 3.8) is 0 Å². The summed E-state index contributed by atoms with van der Waals surface area (Å²) >= 11 is 0. The standard InChI is InChI=1S/C24H27N3O3/c1-15(2)18-11-6-8-16(3)21(18)25-20(28)14-27-22(29)24(26-23(27)30)13-7-10-17-9-4-5-12-19(17)24/h4-6,8-9,11-12,15H,7,10,13-14H2,1-3H3,(H,25,28)(H,26,30). The van der Waals surface area contributed by atoms with Gasteiger partial charge in [-0.05, 0) is 54.4 Å². The van der Waals surface area contributed by atoms with Gasteiger partial charge in [0.25, 0.3) is 5.91 Å². The third-order valence-corrected chi connectivity index (χ3v) is 6.14. The Morgan fingerprint density at radius 1 is 1.17 bits per heavy atom. The molecule has 0 saturated carbocycles. The Kier molecular flexibility index (Phi) is 5.10. The number of nitrogens with zero attached hydrogens (tertiary/aromatic N) is 1. The molecule has 0 bridgehead atoms. The summed E-state index contributed by atoms with van der Waals surface area (Å²) in [6.45, 7) is 5.75. The number of fused-ring (bicyclic) bond motifs is 2. The number of hydrogen-bond donors (Lipinski definition) is 2. The van der Waals surface area contributed by atoms with E-state index in [1.54, 1.807) is 0 Å². The molecule has 1 heterocycles. The Morgan fingerprint density at radius 2 is 1.93 bits per heavy atom. The van der Waals surface area contributed by atoms with E-state index in [1.165, 1.54) is 0 Å². The molecule has 1 fully saturated rings. The van der Waals surface area contributed by atoms with Crippen molar-refractivity contribution in [2.24, 2.45) is 0 Å². The molecule has 1 spiro atoms. The van der Waals surface area contributed by atoms with Crippen LogP contribution in [0.25, 0.3) is 0 Å². The molecule has 30 heavy (non-hydrogen) atoms. The Morgan fingerprint density at radius 3 is 2.70 bits per heavy atom. The van der Waals surface area contributed by atoms with Crippen LogP contribution in [0.5, 0.6) is 0 Å². The number of rotatable bonds is 4. The highest BCUT2D eigenvalue weighted by Gasteiger charge is 2.54. The van der Waals surface area contributed by atoms with Gasteiger partial charge in [0.05, 0.1) is 0 Å². The second-order valence-electron chi connectivity index (χ2n) is 8.48. The van der Waals surface area contributed by atoms with E-state index < -0.39 is 11.6 Å². The zero-order valence-electron chi connectivity index (χ0n) is 17.6. The lowest BCUT2D eigenvalue weighted by Crippen LogP contribution is -2.47. The first kappa shape index (κ1) is 20.1. The summed E-state index contributed by atoms with van der Waals surface area (Å²) in [4.78, 5) is 39.9. The third-order valence-electron chi connectivity index (χ3n) is 6.14. The lowest BCUT2D eigenvalue weighted by atomic mass is 9.76. The predicted octanol–water partition coefficient (Wildman–Crippen LogP) is 3.84. The molecule has 1 aliphatic heterocycles. The molecule has 0 aromatic heterocycles. The maximum Gasteiger partial charge on any atom is 0.325 e. The van der Waals surface area contributed by atoms with Crippen LogP contribution < -0.4 is 10.6 Å². The molecular weight excluding hydrogens is 378 g/mol. The maximum atomic E-state index is 13.3. The second kappa shape index (κ2) is 7.59. The van der Waals surface area contributed by atoms with Crippen molar-refractivity contribution in [3.05, 3.63) is 64.7 Å². The van der Waals surface area contributed by atoms with E-state index in [9.17, 15) is 14.4 Å². The minimum Gasteiger partial charge on any atom is -0.324 e. The summed E-state index contributed by atoms with van der Waals surface area (Å²) in [7, 11) is 0. The van der Waals surface area contributed by atoms with E-state index in [4.69, 9.17) is 0 Å². The number of benzene rings is 2. The van der Waals surface area contributed by atoms with Gasteiger partial charge in [-0.2, -0.15) is 0 Å². The molecule has 2 aromatic carbocycles. The largest absolute Gasteiger partial charge is 0.325 e. The van der Waals surface area contributed by atoms with Gasteiger partial charge >= 0.3 is 6.03 Å². The Bertz CT molecular complexity index is 1030. The Labute approximate surface area is 176 Å². The predicted molar refractivity (Wildman–Crippen MR) is 115 cm³/mol. The summed E-state index contributed by atoms with van der Waals surface area (Å²) in [6, 6.07) is 13.1. The summed E-state index contributed by atoms with van der Waals surface area (Å²) in [5, 5.41) is 5.82. The van der Waals surface area contributed by atoms with Gasteiger partial charge < -0.3 is 10.6 Å². The first-order valence-electron chi connectivity index (χ1n) is 10.5. The number of carbonyl (C=O) groups excluding carboxylic acids is 3. The quantitative estimate of drug-likeness (QED) is 0.759. The van der Waals surface area contributed by atoms with E-state index >= 15 is 0 Å². The average molecular weight is 405 g/mol. The van der Waals surface area contributed by atoms with Crippen molar-refractivity contribution in [3.8, 4) is 0 Å². The highest BCUT2D eigenvalue weighted by atomic mass is 16.2. The highest BCUT2D eigenvalue weighted by Crippen LogP contribution is 2.39. The number of urea groups is 1. The lowest BCUT2D eigenvalue weighted by Gasteiger charge is -2.33. The summed E-state index contributed by atoms with van der Waals surface area (Å²) in [5.41, 5.74) is 3.59. The van der Waals surface area contributed by atoms with Crippen molar-refractivity contribution in [1.29, 1.82) is 0 Å². The molecule has 6 nitrogen and oxygen atoms in total. The van der Waals surface area contributed by atoms with Crippen LogP contribution in [-0.4, -0.2) is 29.3 Å². The topological polar surface area (TPSA) is 78.5 Å². The number of imide groups is 1. The summed E-state index contributed by atoms with van der Waals surface area (Å²) in [6.07, 6.45) is 2.23. The van der Waals surface area contributed by atoms with Crippen LogP contribution in [0.3, 0.4) is 0 Å². The van der Waals surface area contributed by atoms with Crippen LogP contribution >= 0.6 is 0 Å².